The van der Waals surface area contributed by atoms with Gasteiger partial charge in [0.2, 0.25) is 5.95 Å². The van der Waals surface area contributed by atoms with Crippen molar-refractivity contribution in [3.8, 4) is 5.75 Å². The van der Waals surface area contributed by atoms with E-state index in [1.54, 1.807) is 41.0 Å². The summed E-state index contributed by atoms with van der Waals surface area (Å²) in [5, 5.41) is 1.09. The van der Waals surface area contributed by atoms with Crippen LogP contribution in [0.1, 0.15) is 43.1 Å². The van der Waals surface area contributed by atoms with E-state index in [1.165, 1.54) is 0 Å². The molecule has 1 aliphatic rings. The van der Waals surface area contributed by atoms with Crippen molar-refractivity contribution < 1.29 is 9.53 Å². The Morgan fingerprint density at radius 1 is 1.19 bits per heavy atom. The van der Waals surface area contributed by atoms with Gasteiger partial charge in [-0.3, -0.25) is 14.2 Å². The Morgan fingerprint density at radius 2 is 1.92 bits per heavy atom. The molecule has 4 rings (SSSR count). The third kappa shape index (κ3) is 5.72. The summed E-state index contributed by atoms with van der Waals surface area (Å²) in [6.07, 6.45) is 2.65. The summed E-state index contributed by atoms with van der Waals surface area (Å²) in [5.41, 5.74) is 1.04. The number of hydrogen-bond acceptors (Lipinski definition) is 7. The van der Waals surface area contributed by atoms with Crippen LogP contribution >= 0.6 is 11.6 Å². The van der Waals surface area contributed by atoms with E-state index in [0.717, 1.165) is 31.6 Å². The lowest BCUT2D eigenvalue weighted by Crippen LogP contribution is -2.48. The minimum absolute atomic E-state index is 0.127. The van der Waals surface area contributed by atoms with Gasteiger partial charge in [0.1, 0.15) is 17.0 Å². The quantitative estimate of drug-likeness (QED) is 0.444. The van der Waals surface area contributed by atoms with Gasteiger partial charge in [-0.2, -0.15) is 4.98 Å². The van der Waals surface area contributed by atoms with Crippen LogP contribution in [0.2, 0.25) is 5.02 Å². The lowest BCUT2D eigenvalue weighted by molar-refractivity contribution is 0.0662. The normalized spacial score (nSPS) is 14.4. The molecule has 0 spiro atoms. The van der Waals surface area contributed by atoms with Crippen LogP contribution < -0.4 is 15.2 Å². The molecule has 3 aromatic rings. The van der Waals surface area contributed by atoms with E-state index in [-0.39, 0.29) is 29.6 Å². The first-order chi connectivity index (χ1) is 17.7. The van der Waals surface area contributed by atoms with Gasteiger partial charge >= 0.3 is 0 Å². The number of carbonyl (C=O) groups excluding carboxylic acids is 1. The molecule has 10 heteroatoms. The zero-order valence-electron chi connectivity index (χ0n) is 22.2. The molecular formula is C27H35ClN6O3. The fourth-order valence-electron chi connectivity index (χ4n) is 4.59. The minimum Gasteiger partial charge on any atom is -0.495 e. The molecule has 0 aliphatic carbocycles. The molecule has 2 aromatic heterocycles. The van der Waals surface area contributed by atoms with E-state index in [9.17, 15) is 9.59 Å². The highest BCUT2D eigenvalue weighted by Gasteiger charge is 2.25. The number of ether oxygens (including phenoxy) is 1. The number of fused-ring (bicyclic) bond motifs is 1. The third-order valence-corrected chi connectivity index (χ3v) is 7.03. The van der Waals surface area contributed by atoms with Gasteiger partial charge in [-0.15, -0.1) is 0 Å². The Kier molecular flexibility index (Phi) is 8.34. The number of hydrogen-bond donors (Lipinski definition) is 0. The smallest absolute Gasteiger partial charge is 0.265 e. The van der Waals surface area contributed by atoms with Crippen LogP contribution in [0, 0.1) is 0 Å². The van der Waals surface area contributed by atoms with Gasteiger partial charge in [-0.1, -0.05) is 24.6 Å². The first-order valence-electron chi connectivity index (χ1n) is 12.7. The van der Waals surface area contributed by atoms with Crippen LogP contribution in [0.15, 0.2) is 35.3 Å². The molecule has 1 aliphatic heterocycles. The van der Waals surface area contributed by atoms with E-state index < -0.39 is 0 Å². The molecule has 9 nitrogen and oxygen atoms in total. The molecule has 1 aromatic carbocycles. The number of pyridine rings is 1. The van der Waals surface area contributed by atoms with Gasteiger partial charge in [0, 0.05) is 50.3 Å². The number of nitrogens with zero attached hydrogens (tertiary/aromatic N) is 6. The second-order valence-electron chi connectivity index (χ2n) is 9.75. The maximum atomic E-state index is 13.9. The zero-order chi connectivity index (χ0) is 26.7. The standard InChI is InChI=1S/C27H35ClN6O3/c1-6-9-33(18(2)3)27-29-16-20-15-21(25(35)32-12-10-31(4)11-13-32)26(36)34(24(20)30-27)17-19-7-8-23(37-5)22(28)14-19/h7-8,14-16,18H,6,9-13,17H2,1-5H3. The highest BCUT2D eigenvalue weighted by atomic mass is 35.5. The summed E-state index contributed by atoms with van der Waals surface area (Å²) in [4.78, 5) is 42.8. The number of halogens is 1. The summed E-state index contributed by atoms with van der Waals surface area (Å²) in [5.74, 6) is 0.849. The molecule has 1 saturated heterocycles. The molecule has 0 radical (unpaired) electrons. The van der Waals surface area contributed by atoms with Crippen molar-refractivity contribution in [2.45, 2.75) is 39.8 Å². The molecule has 198 valence electrons. The summed E-state index contributed by atoms with van der Waals surface area (Å²) in [6, 6.07) is 7.23. The van der Waals surface area contributed by atoms with Gasteiger partial charge < -0.3 is 19.4 Å². The van der Waals surface area contributed by atoms with E-state index in [0.29, 0.717) is 40.8 Å². The van der Waals surface area contributed by atoms with E-state index >= 15 is 0 Å². The van der Waals surface area contributed by atoms with Gasteiger partial charge in [-0.25, -0.2) is 4.98 Å². The number of benzene rings is 1. The molecular weight excluding hydrogens is 492 g/mol. The van der Waals surface area contributed by atoms with E-state index in [2.05, 4.69) is 35.6 Å². The lowest BCUT2D eigenvalue weighted by Gasteiger charge is -2.32. The summed E-state index contributed by atoms with van der Waals surface area (Å²) < 4.78 is 6.84. The van der Waals surface area contributed by atoms with Gasteiger partial charge in [0.25, 0.3) is 11.5 Å². The topological polar surface area (TPSA) is 83.8 Å². The van der Waals surface area contributed by atoms with Crippen molar-refractivity contribution in [1.29, 1.82) is 0 Å². The average molecular weight is 527 g/mol. The molecule has 1 amide bonds. The Labute approximate surface area is 222 Å². The van der Waals surface area contributed by atoms with Gasteiger partial charge in [0.15, 0.2) is 0 Å². The maximum Gasteiger partial charge on any atom is 0.265 e. The number of likely N-dealkylation sites (N-methyl/N-ethyl adjacent to an activating group) is 1. The number of piperazine rings is 1. The van der Waals surface area contributed by atoms with Crippen LogP contribution in [0.4, 0.5) is 5.95 Å². The number of methoxy groups -OCH3 is 1. The molecule has 0 N–H and O–H groups in total. The summed E-state index contributed by atoms with van der Waals surface area (Å²) in [7, 11) is 3.58. The van der Waals surface area contributed by atoms with Crippen molar-refractivity contribution in [3.05, 3.63) is 57.0 Å². The first-order valence-corrected chi connectivity index (χ1v) is 13.1. The number of rotatable bonds is 8. The Balaban J connectivity index is 1.85. The monoisotopic (exact) mass is 526 g/mol. The van der Waals surface area contributed by atoms with E-state index in [4.69, 9.17) is 21.3 Å². The van der Waals surface area contributed by atoms with E-state index in [1.807, 2.05) is 13.1 Å². The first kappa shape index (κ1) is 26.9. The number of amides is 1. The Morgan fingerprint density at radius 3 is 2.54 bits per heavy atom. The maximum absolute atomic E-state index is 13.9. The Hall–Kier alpha value is -3.17. The van der Waals surface area contributed by atoms with Crippen LogP contribution in [-0.2, 0) is 6.54 Å². The highest BCUT2D eigenvalue weighted by molar-refractivity contribution is 6.32. The summed E-state index contributed by atoms with van der Waals surface area (Å²) in [6.45, 7) is 9.99. The highest BCUT2D eigenvalue weighted by Crippen LogP contribution is 2.26. The Bertz CT molecular complexity index is 1330. The van der Waals surface area contributed by atoms with Crippen molar-refractivity contribution >= 4 is 34.5 Å². The van der Waals surface area contributed by atoms with Crippen LogP contribution in [0.5, 0.6) is 5.75 Å². The lowest BCUT2D eigenvalue weighted by atomic mass is 10.1. The summed E-state index contributed by atoms with van der Waals surface area (Å²) >= 11 is 6.38. The second-order valence-corrected chi connectivity index (χ2v) is 10.2. The zero-order valence-corrected chi connectivity index (χ0v) is 23.0. The molecule has 3 heterocycles. The second kappa shape index (κ2) is 11.5. The predicted molar refractivity (Wildman–Crippen MR) is 147 cm³/mol. The fraction of sp³-hybridized carbons (Fsp3) is 0.481. The molecule has 0 unspecified atom stereocenters. The van der Waals surface area contributed by atoms with Crippen molar-refractivity contribution in [2.24, 2.45) is 0 Å². The minimum atomic E-state index is -0.375. The van der Waals surface area contributed by atoms with Crippen molar-refractivity contribution in [3.63, 3.8) is 0 Å². The molecule has 1 fully saturated rings. The third-order valence-electron chi connectivity index (χ3n) is 6.74. The van der Waals surface area contributed by atoms with Crippen LogP contribution in [0.25, 0.3) is 11.0 Å². The number of anilines is 1. The fourth-order valence-corrected chi connectivity index (χ4v) is 4.87. The van der Waals surface area contributed by atoms with Crippen LogP contribution in [-0.4, -0.2) is 83.2 Å². The molecule has 0 saturated carbocycles. The molecule has 0 bridgehead atoms. The van der Waals surface area contributed by atoms with Gasteiger partial charge in [-0.05, 0) is 51.1 Å². The number of aromatic nitrogens is 3. The van der Waals surface area contributed by atoms with Crippen LogP contribution in [0.3, 0.4) is 0 Å². The van der Waals surface area contributed by atoms with Crippen molar-refractivity contribution in [1.82, 2.24) is 24.3 Å². The number of carbonyl (C=O) groups is 1. The van der Waals surface area contributed by atoms with Crippen molar-refractivity contribution in [2.75, 3.05) is 51.8 Å². The predicted octanol–water partition coefficient (Wildman–Crippen LogP) is 3.51. The average Bonchev–Trinajstić information content (AvgIpc) is 2.88. The molecule has 0 atom stereocenters. The SMILES string of the molecule is CCCN(c1ncc2cc(C(=O)N3CCN(C)CC3)c(=O)n(Cc3ccc(OC)c(Cl)c3)c2n1)C(C)C. The largest absolute Gasteiger partial charge is 0.495 e. The van der Waals surface area contributed by atoms with Gasteiger partial charge in [0.05, 0.1) is 18.7 Å². The molecule has 37 heavy (non-hydrogen) atoms.